The van der Waals surface area contributed by atoms with Crippen molar-refractivity contribution >= 4 is 17.7 Å². The van der Waals surface area contributed by atoms with Gasteiger partial charge in [0.05, 0.1) is 5.56 Å². The predicted molar refractivity (Wildman–Crippen MR) is 92.6 cm³/mol. The second-order valence-corrected chi connectivity index (χ2v) is 7.29. The number of fused-ring (bicyclic) bond motifs is 1. The zero-order valence-corrected chi connectivity index (χ0v) is 13.9. The summed E-state index contributed by atoms with van der Waals surface area (Å²) in [6.07, 6.45) is 3.40. The first-order valence-corrected chi connectivity index (χ1v) is 8.57. The van der Waals surface area contributed by atoms with Gasteiger partial charge in [-0.1, -0.05) is 36.4 Å². The number of benzene rings is 2. The van der Waals surface area contributed by atoms with E-state index in [0.29, 0.717) is 5.25 Å². The van der Waals surface area contributed by atoms with E-state index in [-0.39, 0.29) is 5.91 Å². The fourth-order valence-corrected chi connectivity index (χ4v) is 4.23. The number of aryl methyl sites for hydroxylation is 1. The highest BCUT2D eigenvalue weighted by molar-refractivity contribution is 8.00. The molecule has 3 rings (SSSR count). The van der Waals surface area contributed by atoms with Gasteiger partial charge in [-0.05, 0) is 42.5 Å². The number of thioether (sulfide) groups is 1. The van der Waals surface area contributed by atoms with Crippen LogP contribution in [0.15, 0.2) is 53.4 Å². The average molecular weight is 311 g/mol. The van der Waals surface area contributed by atoms with Crippen molar-refractivity contribution in [2.75, 3.05) is 14.1 Å². The van der Waals surface area contributed by atoms with E-state index in [1.165, 1.54) is 17.5 Å². The van der Waals surface area contributed by atoms with Crippen LogP contribution in [0.25, 0.3) is 0 Å². The van der Waals surface area contributed by atoms with Gasteiger partial charge in [0, 0.05) is 24.2 Å². The summed E-state index contributed by atoms with van der Waals surface area (Å²) in [5.74, 6) is 0.0827. The van der Waals surface area contributed by atoms with E-state index in [9.17, 15) is 4.79 Å². The SMILES string of the molecule is CN(C)C(=O)c1ccccc1SC1CCc2ccccc2C1. The largest absolute Gasteiger partial charge is 0.345 e. The molecule has 1 unspecified atom stereocenters. The second-order valence-electron chi connectivity index (χ2n) is 5.95. The van der Waals surface area contributed by atoms with Crippen molar-refractivity contribution in [3.8, 4) is 0 Å². The van der Waals surface area contributed by atoms with E-state index in [1.807, 2.05) is 30.0 Å². The van der Waals surface area contributed by atoms with Crippen LogP contribution >= 0.6 is 11.8 Å². The minimum atomic E-state index is 0.0827. The van der Waals surface area contributed by atoms with Gasteiger partial charge in [0.25, 0.3) is 5.91 Å². The molecule has 0 aliphatic heterocycles. The van der Waals surface area contributed by atoms with E-state index in [0.717, 1.165) is 23.3 Å². The molecule has 0 radical (unpaired) electrons. The average Bonchev–Trinajstić information content (AvgIpc) is 2.54. The molecule has 114 valence electrons. The van der Waals surface area contributed by atoms with Crippen LogP contribution in [-0.4, -0.2) is 30.2 Å². The number of nitrogens with zero attached hydrogens (tertiary/aromatic N) is 1. The molecule has 0 saturated heterocycles. The van der Waals surface area contributed by atoms with Crippen LogP contribution in [-0.2, 0) is 12.8 Å². The monoisotopic (exact) mass is 311 g/mol. The molecule has 2 aromatic carbocycles. The standard InChI is InChI=1S/C19H21NOS/c1-20(2)19(21)17-9-5-6-10-18(17)22-16-12-11-14-7-3-4-8-15(14)13-16/h3-10,16H,11-13H2,1-2H3. The Morgan fingerprint density at radius 1 is 1.05 bits per heavy atom. The molecule has 0 saturated carbocycles. The highest BCUT2D eigenvalue weighted by atomic mass is 32.2. The Labute approximate surface area is 136 Å². The molecule has 0 N–H and O–H groups in total. The zero-order chi connectivity index (χ0) is 15.5. The Morgan fingerprint density at radius 2 is 1.73 bits per heavy atom. The Hall–Kier alpha value is -1.74. The molecule has 0 bridgehead atoms. The lowest BCUT2D eigenvalue weighted by Crippen LogP contribution is -2.23. The van der Waals surface area contributed by atoms with Crippen molar-refractivity contribution in [2.24, 2.45) is 0 Å². The summed E-state index contributed by atoms with van der Waals surface area (Å²) in [6.45, 7) is 0. The molecule has 0 heterocycles. The normalized spacial score (nSPS) is 16.9. The third kappa shape index (κ3) is 3.20. The van der Waals surface area contributed by atoms with Gasteiger partial charge in [-0.3, -0.25) is 4.79 Å². The number of amides is 1. The summed E-state index contributed by atoms with van der Waals surface area (Å²) >= 11 is 1.85. The minimum absolute atomic E-state index is 0.0827. The van der Waals surface area contributed by atoms with Gasteiger partial charge in [0.1, 0.15) is 0 Å². The van der Waals surface area contributed by atoms with Crippen molar-refractivity contribution in [3.05, 3.63) is 65.2 Å². The number of hydrogen-bond acceptors (Lipinski definition) is 2. The molecule has 0 fully saturated rings. The fraction of sp³-hybridized carbons (Fsp3) is 0.316. The number of carbonyl (C=O) groups is 1. The Balaban J connectivity index is 1.79. The molecule has 1 amide bonds. The summed E-state index contributed by atoms with van der Waals surface area (Å²) in [6, 6.07) is 16.7. The molecule has 2 aromatic rings. The first-order valence-electron chi connectivity index (χ1n) is 7.69. The van der Waals surface area contributed by atoms with Gasteiger partial charge in [0.15, 0.2) is 0 Å². The van der Waals surface area contributed by atoms with Crippen molar-refractivity contribution in [3.63, 3.8) is 0 Å². The lowest BCUT2D eigenvalue weighted by atomic mass is 9.92. The minimum Gasteiger partial charge on any atom is -0.345 e. The summed E-state index contributed by atoms with van der Waals surface area (Å²) in [4.78, 5) is 15.1. The maximum atomic E-state index is 12.3. The lowest BCUT2D eigenvalue weighted by Gasteiger charge is -2.25. The molecular weight excluding hydrogens is 290 g/mol. The smallest absolute Gasteiger partial charge is 0.254 e. The summed E-state index contributed by atoms with van der Waals surface area (Å²) < 4.78 is 0. The van der Waals surface area contributed by atoms with Crippen molar-refractivity contribution < 1.29 is 4.79 Å². The Kier molecular flexibility index (Phi) is 4.53. The topological polar surface area (TPSA) is 20.3 Å². The van der Waals surface area contributed by atoms with E-state index in [1.54, 1.807) is 19.0 Å². The third-order valence-corrected chi connectivity index (χ3v) is 5.46. The predicted octanol–water partition coefficient (Wildman–Crippen LogP) is 4.04. The van der Waals surface area contributed by atoms with Crippen LogP contribution in [0.3, 0.4) is 0 Å². The highest BCUT2D eigenvalue weighted by Gasteiger charge is 2.21. The first kappa shape index (κ1) is 15.2. The maximum Gasteiger partial charge on any atom is 0.254 e. The van der Waals surface area contributed by atoms with Gasteiger partial charge in [-0.15, -0.1) is 11.8 Å². The van der Waals surface area contributed by atoms with E-state index in [2.05, 4.69) is 30.3 Å². The van der Waals surface area contributed by atoms with E-state index in [4.69, 9.17) is 0 Å². The fourth-order valence-electron chi connectivity index (χ4n) is 2.93. The third-order valence-electron chi connectivity index (χ3n) is 4.12. The summed E-state index contributed by atoms with van der Waals surface area (Å²) in [5.41, 5.74) is 3.76. The summed E-state index contributed by atoms with van der Waals surface area (Å²) in [5, 5.41) is 0.547. The van der Waals surface area contributed by atoms with Crippen molar-refractivity contribution in [1.82, 2.24) is 4.90 Å². The van der Waals surface area contributed by atoms with Gasteiger partial charge in [0.2, 0.25) is 0 Å². The van der Waals surface area contributed by atoms with Gasteiger partial charge in [-0.25, -0.2) is 0 Å². The van der Waals surface area contributed by atoms with E-state index < -0.39 is 0 Å². The molecule has 1 aliphatic carbocycles. The van der Waals surface area contributed by atoms with Gasteiger partial charge in [-0.2, -0.15) is 0 Å². The molecule has 1 atom stereocenters. The van der Waals surface area contributed by atoms with Gasteiger partial charge >= 0.3 is 0 Å². The Bertz CT molecular complexity index is 681. The zero-order valence-electron chi connectivity index (χ0n) is 13.1. The quantitative estimate of drug-likeness (QED) is 0.852. The highest BCUT2D eigenvalue weighted by Crippen LogP contribution is 2.35. The molecule has 2 nitrogen and oxygen atoms in total. The number of carbonyl (C=O) groups excluding carboxylic acids is 1. The number of rotatable bonds is 3. The molecule has 1 aliphatic rings. The van der Waals surface area contributed by atoms with Crippen LogP contribution in [0, 0.1) is 0 Å². The van der Waals surface area contributed by atoms with Crippen LogP contribution in [0.2, 0.25) is 0 Å². The Morgan fingerprint density at radius 3 is 2.50 bits per heavy atom. The van der Waals surface area contributed by atoms with Gasteiger partial charge < -0.3 is 4.90 Å². The first-order chi connectivity index (χ1) is 10.6. The second kappa shape index (κ2) is 6.57. The molecule has 3 heteroatoms. The van der Waals surface area contributed by atoms with Crippen molar-refractivity contribution in [1.29, 1.82) is 0 Å². The lowest BCUT2D eigenvalue weighted by molar-refractivity contribution is 0.0824. The molecular formula is C19H21NOS. The summed E-state index contributed by atoms with van der Waals surface area (Å²) in [7, 11) is 3.61. The van der Waals surface area contributed by atoms with Crippen LogP contribution < -0.4 is 0 Å². The van der Waals surface area contributed by atoms with E-state index >= 15 is 0 Å². The molecule has 0 spiro atoms. The number of hydrogen-bond donors (Lipinski definition) is 0. The van der Waals surface area contributed by atoms with Crippen LogP contribution in [0.1, 0.15) is 27.9 Å². The van der Waals surface area contributed by atoms with Crippen LogP contribution in [0.4, 0.5) is 0 Å². The van der Waals surface area contributed by atoms with Crippen LogP contribution in [0.5, 0.6) is 0 Å². The molecule has 0 aromatic heterocycles. The maximum absolute atomic E-state index is 12.3. The van der Waals surface area contributed by atoms with Crippen molar-refractivity contribution in [2.45, 2.75) is 29.4 Å². The molecule has 22 heavy (non-hydrogen) atoms.